The molecule has 0 aliphatic carbocycles. The number of anilines is 1. The highest BCUT2D eigenvalue weighted by Crippen LogP contribution is 2.30. The molecule has 0 radical (unpaired) electrons. The van der Waals surface area contributed by atoms with Crippen LogP contribution in [-0.2, 0) is 6.54 Å². The summed E-state index contributed by atoms with van der Waals surface area (Å²) in [5.74, 6) is -0.229. The van der Waals surface area contributed by atoms with Gasteiger partial charge in [-0.25, -0.2) is 9.37 Å². The molecule has 1 fully saturated rings. The Kier molecular flexibility index (Phi) is 3.97. The second kappa shape index (κ2) is 6.26. The lowest BCUT2D eigenvalue weighted by molar-refractivity contribution is 0.250. The molecule has 0 unspecified atom stereocenters. The molecule has 5 heteroatoms. The molecule has 2 heterocycles. The Balaban J connectivity index is 1.43. The lowest BCUT2D eigenvalue weighted by atomic mass is 10.2. The van der Waals surface area contributed by atoms with E-state index in [1.807, 2.05) is 12.1 Å². The van der Waals surface area contributed by atoms with Gasteiger partial charge < -0.3 is 4.90 Å². The molecule has 0 bridgehead atoms. The van der Waals surface area contributed by atoms with Crippen molar-refractivity contribution in [3.63, 3.8) is 0 Å². The molecule has 3 nitrogen and oxygen atoms in total. The van der Waals surface area contributed by atoms with Crippen molar-refractivity contribution in [2.75, 3.05) is 31.1 Å². The normalized spacial score (nSPS) is 16.1. The minimum Gasteiger partial charge on any atom is -0.345 e. The van der Waals surface area contributed by atoms with Gasteiger partial charge in [-0.2, -0.15) is 0 Å². The zero-order valence-electron chi connectivity index (χ0n) is 12.8. The van der Waals surface area contributed by atoms with Gasteiger partial charge in [0.25, 0.3) is 0 Å². The molecule has 0 atom stereocenters. The number of benzene rings is 2. The van der Waals surface area contributed by atoms with Crippen molar-refractivity contribution >= 4 is 26.7 Å². The van der Waals surface area contributed by atoms with Gasteiger partial charge in [-0.3, -0.25) is 4.90 Å². The van der Waals surface area contributed by atoms with Gasteiger partial charge in [0.2, 0.25) is 0 Å². The predicted molar refractivity (Wildman–Crippen MR) is 93.5 cm³/mol. The summed E-state index contributed by atoms with van der Waals surface area (Å²) in [4.78, 5) is 9.22. The number of rotatable bonds is 3. The molecule has 1 aliphatic heterocycles. The average molecular weight is 327 g/mol. The van der Waals surface area contributed by atoms with Crippen molar-refractivity contribution in [3.8, 4) is 0 Å². The molecular formula is C18H18FN3S. The molecule has 3 aromatic rings. The van der Waals surface area contributed by atoms with Crippen LogP contribution in [0.2, 0.25) is 0 Å². The molecule has 23 heavy (non-hydrogen) atoms. The quantitative estimate of drug-likeness (QED) is 0.730. The Labute approximate surface area is 139 Å². The Morgan fingerprint density at radius 2 is 1.74 bits per heavy atom. The van der Waals surface area contributed by atoms with Crippen LogP contribution in [0.3, 0.4) is 0 Å². The zero-order valence-corrected chi connectivity index (χ0v) is 13.6. The first-order chi connectivity index (χ1) is 11.3. The predicted octanol–water partition coefficient (Wildman–Crippen LogP) is 3.76. The molecule has 118 valence electrons. The Morgan fingerprint density at radius 1 is 0.957 bits per heavy atom. The first kappa shape index (κ1) is 14.6. The summed E-state index contributed by atoms with van der Waals surface area (Å²) in [7, 11) is 0. The topological polar surface area (TPSA) is 19.4 Å². The first-order valence-corrected chi connectivity index (χ1v) is 8.67. The van der Waals surface area contributed by atoms with Crippen molar-refractivity contribution in [2.45, 2.75) is 6.54 Å². The molecule has 4 rings (SSSR count). The molecule has 0 saturated carbocycles. The van der Waals surface area contributed by atoms with Gasteiger partial charge in [0.15, 0.2) is 5.13 Å². The fraction of sp³-hybridized carbons (Fsp3) is 0.278. The number of piperazine rings is 1. The van der Waals surface area contributed by atoms with Crippen LogP contribution in [-0.4, -0.2) is 36.1 Å². The summed E-state index contributed by atoms with van der Waals surface area (Å²) in [6.45, 7) is 4.88. The highest BCUT2D eigenvalue weighted by atomic mass is 32.1. The highest BCUT2D eigenvalue weighted by Gasteiger charge is 2.20. The summed E-state index contributed by atoms with van der Waals surface area (Å²) < 4.78 is 14.7. The van der Waals surface area contributed by atoms with Gasteiger partial charge in [0.05, 0.1) is 4.70 Å². The van der Waals surface area contributed by atoms with Crippen LogP contribution in [0, 0.1) is 5.82 Å². The maximum Gasteiger partial charge on any atom is 0.186 e. The number of para-hydroxylation sites is 1. The third kappa shape index (κ3) is 3.07. The number of fused-ring (bicyclic) bond motifs is 1. The summed E-state index contributed by atoms with van der Waals surface area (Å²) in [6.07, 6.45) is 0. The summed E-state index contributed by atoms with van der Waals surface area (Å²) in [5.41, 5.74) is 1.85. The van der Waals surface area contributed by atoms with E-state index in [9.17, 15) is 4.39 Å². The number of aromatic nitrogens is 1. The van der Waals surface area contributed by atoms with Crippen LogP contribution in [0.4, 0.5) is 9.52 Å². The second-order valence-electron chi connectivity index (χ2n) is 5.83. The Hall–Kier alpha value is -1.98. The first-order valence-electron chi connectivity index (χ1n) is 7.86. The lowest BCUT2D eigenvalue weighted by Crippen LogP contribution is -2.45. The molecule has 0 amide bonds. The van der Waals surface area contributed by atoms with Crippen LogP contribution in [0.15, 0.2) is 48.5 Å². The summed E-state index contributed by atoms with van der Waals surface area (Å²) in [6, 6.07) is 15.7. The smallest absolute Gasteiger partial charge is 0.186 e. The molecule has 0 spiro atoms. The Morgan fingerprint density at radius 3 is 2.48 bits per heavy atom. The lowest BCUT2D eigenvalue weighted by Gasteiger charge is -2.34. The van der Waals surface area contributed by atoms with Crippen molar-refractivity contribution < 1.29 is 4.39 Å². The SMILES string of the molecule is Fc1cccc2sc(N3CCN(Cc4ccccc4)CC3)nc12. The number of hydrogen-bond donors (Lipinski definition) is 0. The number of nitrogens with zero attached hydrogens (tertiary/aromatic N) is 3. The highest BCUT2D eigenvalue weighted by molar-refractivity contribution is 7.22. The number of thiazole rings is 1. The largest absolute Gasteiger partial charge is 0.345 e. The monoisotopic (exact) mass is 327 g/mol. The molecule has 1 aromatic heterocycles. The van der Waals surface area contributed by atoms with Crippen LogP contribution in [0.5, 0.6) is 0 Å². The maximum absolute atomic E-state index is 13.8. The molecule has 0 N–H and O–H groups in total. The van der Waals surface area contributed by atoms with Crippen LogP contribution >= 0.6 is 11.3 Å². The molecular weight excluding hydrogens is 309 g/mol. The van der Waals surface area contributed by atoms with Crippen molar-refractivity contribution in [1.82, 2.24) is 9.88 Å². The number of halogens is 1. The van der Waals surface area contributed by atoms with Crippen molar-refractivity contribution in [1.29, 1.82) is 0 Å². The maximum atomic E-state index is 13.8. The Bertz CT molecular complexity index is 794. The fourth-order valence-electron chi connectivity index (χ4n) is 2.98. The summed E-state index contributed by atoms with van der Waals surface area (Å²) >= 11 is 1.58. The van der Waals surface area contributed by atoms with Crippen molar-refractivity contribution in [3.05, 3.63) is 59.9 Å². The van der Waals surface area contributed by atoms with E-state index < -0.39 is 0 Å². The van der Waals surface area contributed by atoms with E-state index >= 15 is 0 Å². The molecule has 2 aromatic carbocycles. The third-order valence-corrected chi connectivity index (χ3v) is 5.33. The van der Waals surface area contributed by atoms with Gasteiger partial charge in [0, 0.05) is 32.7 Å². The number of hydrogen-bond acceptors (Lipinski definition) is 4. The minimum atomic E-state index is -0.229. The minimum absolute atomic E-state index is 0.229. The molecule has 1 saturated heterocycles. The fourth-order valence-corrected chi connectivity index (χ4v) is 4.01. The average Bonchev–Trinajstić information content (AvgIpc) is 3.02. The third-order valence-electron chi connectivity index (χ3n) is 4.25. The van der Waals surface area contributed by atoms with Gasteiger partial charge in [-0.1, -0.05) is 47.7 Å². The van der Waals surface area contributed by atoms with E-state index in [1.54, 1.807) is 17.4 Å². The van der Waals surface area contributed by atoms with Crippen LogP contribution < -0.4 is 4.90 Å². The zero-order chi connectivity index (χ0) is 15.6. The van der Waals surface area contributed by atoms with Gasteiger partial charge in [-0.15, -0.1) is 0 Å². The van der Waals surface area contributed by atoms with Gasteiger partial charge in [-0.05, 0) is 17.7 Å². The van der Waals surface area contributed by atoms with E-state index in [4.69, 9.17) is 0 Å². The standard InChI is InChI=1S/C18H18FN3S/c19-15-7-4-8-16-17(15)20-18(23-16)22-11-9-21(10-12-22)13-14-5-2-1-3-6-14/h1-8H,9-13H2. The van der Waals surface area contributed by atoms with E-state index in [0.29, 0.717) is 5.52 Å². The van der Waals surface area contributed by atoms with E-state index in [0.717, 1.165) is 42.6 Å². The van der Waals surface area contributed by atoms with Crippen LogP contribution in [0.25, 0.3) is 10.2 Å². The van der Waals surface area contributed by atoms with E-state index in [2.05, 4.69) is 39.0 Å². The van der Waals surface area contributed by atoms with E-state index in [1.165, 1.54) is 11.6 Å². The van der Waals surface area contributed by atoms with E-state index in [-0.39, 0.29) is 5.82 Å². The van der Waals surface area contributed by atoms with Crippen molar-refractivity contribution in [2.24, 2.45) is 0 Å². The van der Waals surface area contributed by atoms with Crippen LogP contribution in [0.1, 0.15) is 5.56 Å². The van der Waals surface area contributed by atoms with Gasteiger partial charge in [0.1, 0.15) is 11.3 Å². The van der Waals surface area contributed by atoms with Gasteiger partial charge >= 0.3 is 0 Å². The second-order valence-corrected chi connectivity index (χ2v) is 6.84. The summed E-state index contributed by atoms with van der Waals surface area (Å²) in [5, 5.41) is 0.935. The molecule has 1 aliphatic rings.